The summed E-state index contributed by atoms with van der Waals surface area (Å²) in [5, 5.41) is 2.34. The van der Waals surface area contributed by atoms with Crippen molar-refractivity contribution < 1.29 is 9.59 Å². The average molecular weight is 329 g/mol. The molecule has 7 heteroatoms. The number of anilines is 1. The van der Waals surface area contributed by atoms with Crippen LogP contribution in [0.15, 0.2) is 23.7 Å². The molecule has 0 saturated carbocycles. The largest absolute Gasteiger partial charge is 0.294 e. The van der Waals surface area contributed by atoms with E-state index >= 15 is 0 Å². The molecule has 0 aliphatic carbocycles. The summed E-state index contributed by atoms with van der Waals surface area (Å²) in [6, 6.07) is 3.08. The topological polar surface area (TPSA) is 50.3 Å². The Hall–Kier alpha value is -1.43. The fourth-order valence-electron chi connectivity index (χ4n) is 1.55. The van der Waals surface area contributed by atoms with Crippen LogP contribution in [0.4, 0.5) is 5.82 Å². The number of thiophene rings is 1. The Kier molecular flexibility index (Phi) is 4.42. The van der Waals surface area contributed by atoms with E-state index in [1.165, 1.54) is 35.4 Å². The fraction of sp³-hybridized carbons (Fsp3) is 0.154. The van der Waals surface area contributed by atoms with Gasteiger partial charge in [-0.15, -0.1) is 11.3 Å². The van der Waals surface area contributed by atoms with Gasteiger partial charge in [-0.05, 0) is 19.1 Å². The highest BCUT2D eigenvalue weighted by Gasteiger charge is 2.19. The minimum atomic E-state index is -0.278. The molecule has 0 aliphatic rings. The van der Waals surface area contributed by atoms with Gasteiger partial charge in [0.15, 0.2) is 11.6 Å². The first-order valence-electron chi connectivity index (χ1n) is 5.58. The Morgan fingerprint density at radius 3 is 2.55 bits per heavy atom. The van der Waals surface area contributed by atoms with Crippen LogP contribution in [-0.4, -0.2) is 23.7 Å². The van der Waals surface area contributed by atoms with Crippen molar-refractivity contribution in [1.29, 1.82) is 0 Å². The molecular formula is C13H10Cl2N2O2S. The molecule has 0 radical (unpaired) electrons. The number of ketones is 1. The summed E-state index contributed by atoms with van der Waals surface area (Å²) in [6.45, 7) is 1.46. The second kappa shape index (κ2) is 5.91. The predicted molar refractivity (Wildman–Crippen MR) is 81.3 cm³/mol. The minimum absolute atomic E-state index is 0.0781. The van der Waals surface area contributed by atoms with E-state index in [0.717, 1.165) is 0 Å². The molecule has 2 rings (SSSR count). The van der Waals surface area contributed by atoms with Gasteiger partial charge in [0.25, 0.3) is 5.91 Å². The molecule has 2 aromatic rings. The number of carbonyl (C=O) groups excluding carboxylic acids is 2. The molecule has 0 fully saturated rings. The quantitative estimate of drug-likeness (QED) is 0.802. The van der Waals surface area contributed by atoms with E-state index in [-0.39, 0.29) is 16.7 Å². The second-order valence-corrected chi connectivity index (χ2v) is 5.83. The van der Waals surface area contributed by atoms with E-state index in [2.05, 4.69) is 4.98 Å². The van der Waals surface area contributed by atoms with Crippen molar-refractivity contribution in [2.24, 2.45) is 0 Å². The van der Waals surface area contributed by atoms with Gasteiger partial charge >= 0.3 is 0 Å². The third-order valence-electron chi connectivity index (χ3n) is 2.63. The Bertz CT molecular complexity index is 685. The predicted octanol–water partition coefficient (Wildman–Crippen LogP) is 3.93. The number of aromatic nitrogens is 1. The molecule has 1 amide bonds. The Morgan fingerprint density at radius 1 is 1.30 bits per heavy atom. The minimum Gasteiger partial charge on any atom is -0.294 e. The molecule has 0 unspecified atom stereocenters. The van der Waals surface area contributed by atoms with E-state index in [4.69, 9.17) is 23.2 Å². The third kappa shape index (κ3) is 3.00. The van der Waals surface area contributed by atoms with Gasteiger partial charge in [-0.2, -0.15) is 0 Å². The molecule has 0 atom stereocenters. The zero-order valence-corrected chi connectivity index (χ0v) is 13.0. The number of pyridine rings is 1. The third-order valence-corrected chi connectivity index (χ3v) is 4.03. The highest BCUT2D eigenvalue weighted by atomic mass is 35.5. The van der Waals surface area contributed by atoms with Gasteiger partial charge < -0.3 is 0 Å². The van der Waals surface area contributed by atoms with Crippen LogP contribution in [0, 0.1) is 0 Å². The average Bonchev–Trinajstić information content (AvgIpc) is 2.87. The molecule has 2 aromatic heterocycles. The molecule has 104 valence electrons. The first-order valence-corrected chi connectivity index (χ1v) is 7.22. The van der Waals surface area contributed by atoms with Crippen molar-refractivity contribution in [3.63, 3.8) is 0 Å². The van der Waals surface area contributed by atoms with Gasteiger partial charge in [-0.25, -0.2) is 4.98 Å². The van der Waals surface area contributed by atoms with Crippen molar-refractivity contribution in [3.8, 4) is 0 Å². The zero-order chi connectivity index (χ0) is 14.9. The van der Waals surface area contributed by atoms with Gasteiger partial charge in [-0.1, -0.05) is 23.2 Å². The maximum Gasteiger partial charge on any atom is 0.269 e. The molecule has 2 heterocycles. The second-order valence-electron chi connectivity index (χ2n) is 4.08. The maximum atomic E-state index is 12.3. The van der Waals surface area contributed by atoms with Crippen molar-refractivity contribution in [2.45, 2.75) is 6.92 Å². The summed E-state index contributed by atoms with van der Waals surface area (Å²) < 4.78 is 0. The van der Waals surface area contributed by atoms with Gasteiger partial charge in [0.1, 0.15) is 0 Å². The SMILES string of the molecule is CC(=O)c1csc(C(=O)N(C)c2ncc(Cl)cc2Cl)c1. The Morgan fingerprint density at radius 2 is 2.00 bits per heavy atom. The van der Waals surface area contributed by atoms with Crippen LogP contribution in [0.25, 0.3) is 0 Å². The molecule has 0 saturated heterocycles. The number of hydrogen-bond donors (Lipinski definition) is 0. The lowest BCUT2D eigenvalue weighted by Crippen LogP contribution is -2.26. The highest BCUT2D eigenvalue weighted by molar-refractivity contribution is 7.12. The van der Waals surface area contributed by atoms with Crippen LogP contribution in [0.2, 0.25) is 10.0 Å². The molecule has 20 heavy (non-hydrogen) atoms. The van der Waals surface area contributed by atoms with E-state index in [0.29, 0.717) is 21.3 Å². The van der Waals surface area contributed by atoms with Crippen LogP contribution in [0.3, 0.4) is 0 Å². The van der Waals surface area contributed by atoms with Gasteiger partial charge in [-0.3, -0.25) is 14.5 Å². The fourth-order valence-corrected chi connectivity index (χ4v) is 2.98. The van der Waals surface area contributed by atoms with E-state index in [9.17, 15) is 9.59 Å². The van der Waals surface area contributed by atoms with E-state index in [1.807, 2.05) is 0 Å². The van der Waals surface area contributed by atoms with Crippen LogP contribution in [-0.2, 0) is 0 Å². The molecule has 0 aliphatic heterocycles. The van der Waals surface area contributed by atoms with Gasteiger partial charge in [0, 0.05) is 24.2 Å². The number of carbonyl (C=O) groups is 2. The lowest BCUT2D eigenvalue weighted by molar-refractivity contribution is 0.0996. The Labute approximate surface area is 129 Å². The highest BCUT2D eigenvalue weighted by Crippen LogP contribution is 2.27. The van der Waals surface area contributed by atoms with Crippen molar-refractivity contribution in [1.82, 2.24) is 4.98 Å². The van der Waals surface area contributed by atoms with Crippen LogP contribution in [0.1, 0.15) is 27.0 Å². The van der Waals surface area contributed by atoms with Crippen molar-refractivity contribution in [3.05, 3.63) is 44.2 Å². The lowest BCUT2D eigenvalue weighted by atomic mass is 10.2. The number of rotatable bonds is 3. The van der Waals surface area contributed by atoms with E-state index < -0.39 is 0 Å². The van der Waals surface area contributed by atoms with Gasteiger partial charge in [0.05, 0.1) is 14.9 Å². The molecular weight excluding hydrogens is 319 g/mol. The smallest absolute Gasteiger partial charge is 0.269 e. The zero-order valence-electron chi connectivity index (χ0n) is 10.7. The lowest BCUT2D eigenvalue weighted by Gasteiger charge is -2.16. The maximum absolute atomic E-state index is 12.3. The van der Waals surface area contributed by atoms with Crippen molar-refractivity contribution >= 4 is 52.0 Å². The summed E-state index contributed by atoms with van der Waals surface area (Å²) in [6.07, 6.45) is 1.42. The summed E-state index contributed by atoms with van der Waals surface area (Å²) in [5.41, 5.74) is 0.516. The molecule has 0 spiro atoms. The van der Waals surface area contributed by atoms with Crippen LogP contribution < -0.4 is 4.90 Å². The van der Waals surface area contributed by atoms with Crippen LogP contribution in [0.5, 0.6) is 0 Å². The van der Waals surface area contributed by atoms with E-state index in [1.54, 1.807) is 18.5 Å². The normalized spacial score (nSPS) is 10.4. The number of amides is 1. The number of Topliss-reactive ketones (excluding diaryl/α,β-unsaturated/α-hetero) is 1. The summed E-state index contributed by atoms with van der Waals surface area (Å²) >= 11 is 13.0. The monoisotopic (exact) mass is 328 g/mol. The number of halogens is 2. The van der Waals surface area contributed by atoms with Gasteiger partial charge in [0.2, 0.25) is 0 Å². The molecule has 0 bridgehead atoms. The number of hydrogen-bond acceptors (Lipinski definition) is 4. The summed E-state index contributed by atoms with van der Waals surface area (Å²) in [4.78, 5) is 29.4. The standard InChI is InChI=1S/C13H10Cl2N2O2S/c1-7(18)8-3-11(20-6-8)13(19)17(2)12-10(15)4-9(14)5-16-12/h3-6H,1-2H3. The first kappa shape index (κ1) is 15.0. The Balaban J connectivity index is 2.29. The molecule has 4 nitrogen and oxygen atoms in total. The number of nitrogens with zero attached hydrogens (tertiary/aromatic N) is 2. The summed E-state index contributed by atoms with van der Waals surface area (Å²) in [7, 11) is 1.57. The molecule has 0 N–H and O–H groups in total. The van der Waals surface area contributed by atoms with Crippen LogP contribution >= 0.6 is 34.5 Å². The summed E-state index contributed by atoms with van der Waals surface area (Å²) in [5.74, 6) is -0.0383. The molecule has 0 aromatic carbocycles. The first-order chi connectivity index (χ1) is 9.40. The van der Waals surface area contributed by atoms with Crippen molar-refractivity contribution in [2.75, 3.05) is 11.9 Å².